The number of carbonyl (C=O) groups excluding carboxylic acids is 1. The standard InChI is InChI=1S/C24H35N5OS.HI/c1-3-25-24(28-18-22(30)26-14-13-19-9-5-4-6-10-19)27-17-20-11-7-15-29(2)23(20)21-12-8-16-31-21;/h4-6,8-10,12,16,20,23H,3,7,11,13-15,17-18H2,1-2H3,(H,26,30)(H2,25,27,28);1H. The van der Waals surface area contributed by atoms with Gasteiger partial charge in [-0.25, -0.2) is 4.99 Å². The fraction of sp³-hybridized carbons (Fsp3) is 0.500. The number of guanidine groups is 1. The third-order valence-corrected chi connectivity index (χ3v) is 6.62. The lowest BCUT2D eigenvalue weighted by molar-refractivity contribution is -0.119. The van der Waals surface area contributed by atoms with Crippen molar-refractivity contribution in [2.75, 3.05) is 39.8 Å². The Morgan fingerprint density at radius 1 is 1.16 bits per heavy atom. The van der Waals surface area contributed by atoms with Crippen molar-refractivity contribution in [3.63, 3.8) is 0 Å². The normalized spacial score (nSPS) is 19.1. The monoisotopic (exact) mass is 569 g/mol. The Hall–Kier alpha value is -1.65. The van der Waals surface area contributed by atoms with E-state index in [1.807, 2.05) is 36.5 Å². The second kappa shape index (κ2) is 14.5. The topological polar surface area (TPSA) is 68.8 Å². The van der Waals surface area contributed by atoms with Crippen molar-refractivity contribution < 1.29 is 4.79 Å². The molecule has 2 heterocycles. The first-order chi connectivity index (χ1) is 15.2. The molecule has 6 nitrogen and oxygen atoms in total. The molecule has 1 amide bonds. The smallest absolute Gasteiger partial charge is 0.241 e. The van der Waals surface area contributed by atoms with E-state index in [9.17, 15) is 4.79 Å². The fourth-order valence-electron chi connectivity index (χ4n) is 4.15. The Morgan fingerprint density at radius 3 is 2.69 bits per heavy atom. The zero-order valence-corrected chi connectivity index (χ0v) is 22.2. The van der Waals surface area contributed by atoms with Gasteiger partial charge >= 0.3 is 0 Å². The number of carbonyl (C=O) groups is 1. The summed E-state index contributed by atoms with van der Waals surface area (Å²) in [7, 11) is 2.22. The SMILES string of the molecule is CCNC(=NCC(=O)NCCc1ccccc1)NCC1CCCN(C)C1c1cccs1.I. The summed E-state index contributed by atoms with van der Waals surface area (Å²) in [5.41, 5.74) is 1.22. The summed E-state index contributed by atoms with van der Waals surface area (Å²) in [6, 6.07) is 15.0. The summed E-state index contributed by atoms with van der Waals surface area (Å²) in [6.07, 6.45) is 3.23. The summed E-state index contributed by atoms with van der Waals surface area (Å²) in [6.45, 7) is 5.54. The van der Waals surface area contributed by atoms with E-state index in [1.165, 1.54) is 23.3 Å². The first-order valence-corrected chi connectivity index (χ1v) is 12.1. The number of likely N-dealkylation sites (tertiary alicyclic amines) is 1. The highest BCUT2D eigenvalue weighted by Gasteiger charge is 2.31. The first kappa shape index (κ1) is 26.6. The number of rotatable bonds is 9. The predicted molar refractivity (Wildman–Crippen MR) is 145 cm³/mol. The zero-order valence-electron chi connectivity index (χ0n) is 19.0. The van der Waals surface area contributed by atoms with E-state index in [2.05, 4.69) is 62.5 Å². The molecule has 8 heteroatoms. The van der Waals surface area contributed by atoms with Gasteiger partial charge in [-0.15, -0.1) is 35.3 Å². The van der Waals surface area contributed by atoms with Gasteiger partial charge in [0.05, 0.1) is 0 Å². The summed E-state index contributed by atoms with van der Waals surface area (Å²) in [4.78, 5) is 20.6. The summed E-state index contributed by atoms with van der Waals surface area (Å²) in [5.74, 6) is 1.17. The van der Waals surface area contributed by atoms with Crippen LogP contribution in [0.2, 0.25) is 0 Å². The number of piperidine rings is 1. The lowest BCUT2D eigenvalue weighted by Crippen LogP contribution is -2.45. The molecule has 0 saturated carbocycles. The minimum atomic E-state index is -0.0537. The summed E-state index contributed by atoms with van der Waals surface area (Å²) < 4.78 is 0. The molecule has 1 fully saturated rings. The number of nitrogens with zero attached hydrogens (tertiary/aromatic N) is 2. The van der Waals surface area contributed by atoms with E-state index in [1.54, 1.807) is 0 Å². The highest BCUT2D eigenvalue weighted by molar-refractivity contribution is 14.0. The molecule has 2 unspecified atom stereocenters. The molecule has 0 aliphatic carbocycles. The van der Waals surface area contributed by atoms with Crippen molar-refractivity contribution in [2.45, 2.75) is 32.2 Å². The summed E-state index contributed by atoms with van der Waals surface area (Å²) in [5, 5.41) is 11.9. The molecule has 0 radical (unpaired) electrons. The average molecular weight is 570 g/mol. The minimum absolute atomic E-state index is 0. The Labute approximate surface area is 213 Å². The van der Waals surface area contributed by atoms with E-state index >= 15 is 0 Å². The number of thiophene rings is 1. The van der Waals surface area contributed by atoms with E-state index < -0.39 is 0 Å². The minimum Gasteiger partial charge on any atom is -0.357 e. The quantitative estimate of drug-likeness (QED) is 0.245. The van der Waals surface area contributed by atoms with Gasteiger partial charge in [0.25, 0.3) is 0 Å². The number of aliphatic imine (C=N–C) groups is 1. The molecule has 3 N–H and O–H groups in total. The number of halogens is 1. The molecule has 0 bridgehead atoms. The highest BCUT2D eigenvalue weighted by Crippen LogP contribution is 2.36. The first-order valence-electron chi connectivity index (χ1n) is 11.2. The van der Waals surface area contributed by atoms with Crippen LogP contribution in [0, 0.1) is 5.92 Å². The number of hydrogen-bond donors (Lipinski definition) is 3. The molecule has 176 valence electrons. The molecule has 3 rings (SSSR count). The van der Waals surface area contributed by atoms with Gasteiger partial charge < -0.3 is 16.0 Å². The van der Waals surface area contributed by atoms with Crippen molar-refractivity contribution in [1.29, 1.82) is 0 Å². The molecule has 2 atom stereocenters. The van der Waals surface area contributed by atoms with Crippen molar-refractivity contribution in [2.24, 2.45) is 10.9 Å². The van der Waals surface area contributed by atoms with Gasteiger partial charge in [-0.1, -0.05) is 36.4 Å². The Bertz CT molecular complexity index is 815. The van der Waals surface area contributed by atoms with Crippen molar-refractivity contribution in [3.8, 4) is 0 Å². The van der Waals surface area contributed by atoms with Crippen LogP contribution in [0.15, 0.2) is 52.8 Å². The van der Waals surface area contributed by atoms with Crippen LogP contribution >= 0.6 is 35.3 Å². The van der Waals surface area contributed by atoms with E-state index in [-0.39, 0.29) is 36.4 Å². The highest BCUT2D eigenvalue weighted by atomic mass is 127. The number of benzene rings is 1. The van der Waals surface area contributed by atoms with Crippen LogP contribution in [0.25, 0.3) is 0 Å². The van der Waals surface area contributed by atoms with Crippen molar-refractivity contribution >= 4 is 47.2 Å². The Kier molecular flexibility index (Phi) is 12.0. The number of nitrogens with one attached hydrogen (secondary N) is 3. The second-order valence-electron chi connectivity index (χ2n) is 8.00. The van der Waals surface area contributed by atoms with Crippen LogP contribution in [0.1, 0.15) is 36.2 Å². The van der Waals surface area contributed by atoms with Gasteiger partial charge in [-0.05, 0) is 62.7 Å². The summed E-state index contributed by atoms with van der Waals surface area (Å²) >= 11 is 1.83. The van der Waals surface area contributed by atoms with Crippen LogP contribution in [0.3, 0.4) is 0 Å². The van der Waals surface area contributed by atoms with Crippen molar-refractivity contribution in [3.05, 3.63) is 58.3 Å². The average Bonchev–Trinajstić information content (AvgIpc) is 3.31. The molecular formula is C24H36IN5OS. The van der Waals surface area contributed by atoms with Crippen LogP contribution < -0.4 is 16.0 Å². The van der Waals surface area contributed by atoms with E-state index in [4.69, 9.17) is 0 Å². The fourth-order valence-corrected chi connectivity index (χ4v) is 5.13. The van der Waals surface area contributed by atoms with Gasteiger partial charge in [0.15, 0.2) is 5.96 Å². The number of hydrogen-bond acceptors (Lipinski definition) is 4. The molecule has 1 saturated heterocycles. The zero-order chi connectivity index (χ0) is 21.9. The molecule has 1 aliphatic rings. The third kappa shape index (κ3) is 8.37. The molecule has 1 aliphatic heterocycles. The molecule has 0 spiro atoms. The number of amides is 1. The second-order valence-corrected chi connectivity index (χ2v) is 8.98. The predicted octanol–water partition coefficient (Wildman–Crippen LogP) is 3.66. The Morgan fingerprint density at radius 2 is 1.97 bits per heavy atom. The lowest BCUT2D eigenvalue weighted by atomic mass is 9.88. The molecule has 1 aromatic heterocycles. The van der Waals surface area contributed by atoms with Crippen LogP contribution in [-0.4, -0.2) is 56.5 Å². The molecule has 32 heavy (non-hydrogen) atoms. The van der Waals surface area contributed by atoms with Gasteiger partial charge in [0.2, 0.25) is 5.91 Å². The maximum Gasteiger partial charge on any atom is 0.241 e. The Balaban J connectivity index is 0.00000363. The van der Waals surface area contributed by atoms with Gasteiger partial charge in [0.1, 0.15) is 6.54 Å². The maximum absolute atomic E-state index is 12.2. The van der Waals surface area contributed by atoms with E-state index in [0.717, 1.165) is 26.1 Å². The van der Waals surface area contributed by atoms with Gasteiger partial charge in [0, 0.05) is 30.6 Å². The van der Waals surface area contributed by atoms with Crippen LogP contribution in [-0.2, 0) is 11.2 Å². The van der Waals surface area contributed by atoms with Gasteiger partial charge in [-0.2, -0.15) is 0 Å². The maximum atomic E-state index is 12.2. The van der Waals surface area contributed by atoms with Crippen LogP contribution in [0.5, 0.6) is 0 Å². The third-order valence-electron chi connectivity index (χ3n) is 5.68. The molecule has 1 aromatic carbocycles. The largest absolute Gasteiger partial charge is 0.357 e. The van der Waals surface area contributed by atoms with Gasteiger partial charge in [-0.3, -0.25) is 9.69 Å². The lowest BCUT2D eigenvalue weighted by Gasteiger charge is -2.39. The van der Waals surface area contributed by atoms with Crippen molar-refractivity contribution in [1.82, 2.24) is 20.9 Å². The van der Waals surface area contributed by atoms with Crippen LogP contribution in [0.4, 0.5) is 0 Å². The molecule has 2 aromatic rings. The van der Waals surface area contributed by atoms with E-state index in [0.29, 0.717) is 24.5 Å². The molecular weight excluding hydrogens is 533 g/mol.